The van der Waals surface area contributed by atoms with E-state index in [9.17, 15) is 14.7 Å². The van der Waals surface area contributed by atoms with Crippen molar-refractivity contribution < 1.29 is 19.0 Å². The lowest BCUT2D eigenvalue weighted by atomic mass is 9.96. The maximum absolute atomic E-state index is 17.1. The number of piperazine rings is 1. The van der Waals surface area contributed by atoms with Crippen molar-refractivity contribution in [1.82, 2.24) is 19.4 Å². The number of carbonyl (C=O) groups is 1. The number of ether oxygens (including phenoxy) is 1. The van der Waals surface area contributed by atoms with Gasteiger partial charge in [0.25, 0.3) is 0 Å². The Kier molecular flexibility index (Phi) is 8.16. The summed E-state index contributed by atoms with van der Waals surface area (Å²) in [5.74, 6) is -0.307. The molecule has 238 valence electrons. The fourth-order valence-electron chi connectivity index (χ4n) is 6.78. The SMILES string of the molecule is CN(C)CCCn1c(=O)nc(N2C[C@H]3CC[C@@H](C2)N3C(=O)OC(C)(C)C)c2cc(Cl)c(-c3cc(O)cc4ccccc34)c(F)c21. The van der Waals surface area contributed by atoms with Gasteiger partial charge in [0.1, 0.15) is 17.2 Å². The lowest BCUT2D eigenvalue weighted by Gasteiger charge is -2.42. The quantitative estimate of drug-likeness (QED) is 0.268. The summed E-state index contributed by atoms with van der Waals surface area (Å²) in [4.78, 5) is 37.1. The van der Waals surface area contributed by atoms with Gasteiger partial charge >= 0.3 is 11.8 Å². The first kappa shape index (κ1) is 31.1. The number of hydrogen-bond acceptors (Lipinski definition) is 7. The summed E-state index contributed by atoms with van der Waals surface area (Å²) in [5, 5.41) is 12.6. The van der Waals surface area contributed by atoms with E-state index in [0.29, 0.717) is 42.8 Å². The number of halogens is 2. The summed E-state index contributed by atoms with van der Waals surface area (Å²) < 4.78 is 24.2. The second-order valence-corrected chi connectivity index (χ2v) is 13.8. The summed E-state index contributed by atoms with van der Waals surface area (Å²) >= 11 is 6.91. The second kappa shape index (κ2) is 11.8. The Hall–Kier alpha value is -3.89. The van der Waals surface area contributed by atoms with Gasteiger partial charge in [-0.15, -0.1) is 0 Å². The van der Waals surface area contributed by atoms with Crippen LogP contribution in [0, 0.1) is 5.82 Å². The first-order chi connectivity index (χ1) is 21.3. The van der Waals surface area contributed by atoms with Gasteiger partial charge in [-0.25, -0.2) is 14.0 Å². The lowest BCUT2D eigenvalue weighted by molar-refractivity contribution is 0.0123. The number of aryl methyl sites for hydroxylation is 1. The number of rotatable bonds is 6. The van der Waals surface area contributed by atoms with Gasteiger partial charge in [-0.1, -0.05) is 35.9 Å². The minimum absolute atomic E-state index is 0.0172. The van der Waals surface area contributed by atoms with Crippen LogP contribution in [0.25, 0.3) is 32.8 Å². The third-order valence-electron chi connectivity index (χ3n) is 8.62. The molecule has 45 heavy (non-hydrogen) atoms. The Labute approximate surface area is 266 Å². The fraction of sp³-hybridized carbons (Fsp3) is 0.441. The average Bonchev–Trinajstić information content (AvgIpc) is 3.22. The molecule has 2 aliphatic heterocycles. The van der Waals surface area contributed by atoms with Crippen LogP contribution in [0.1, 0.15) is 40.0 Å². The summed E-state index contributed by atoms with van der Waals surface area (Å²) in [6.07, 6.45) is 1.85. The van der Waals surface area contributed by atoms with E-state index in [2.05, 4.69) is 4.98 Å². The summed E-state index contributed by atoms with van der Waals surface area (Å²) in [5.41, 5.74) is -0.493. The predicted molar refractivity (Wildman–Crippen MR) is 176 cm³/mol. The number of carbonyl (C=O) groups excluding carboxylic acids is 1. The molecule has 9 nitrogen and oxygen atoms in total. The van der Waals surface area contributed by atoms with Gasteiger partial charge in [-0.05, 0) is 95.2 Å². The fourth-order valence-corrected chi connectivity index (χ4v) is 7.07. The van der Waals surface area contributed by atoms with Crippen LogP contribution in [-0.2, 0) is 11.3 Å². The third kappa shape index (κ3) is 5.93. The third-order valence-corrected chi connectivity index (χ3v) is 8.92. The molecule has 3 aromatic carbocycles. The standard InChI is InChI=1S/C34H39ClFN5O4/c1-34(2,3)45-33(44)41-21-11-12-22(41)19-39(18-21)31-26-17-27(35)28(25-16-23(42)15-20-9-6-7-10-24(20)25)29(36)30(26)40(32(43)37-31)14-8-13-38(4)5/h6-7,9-10,15-17,21-22,42H,8,11-14,18-19H2,1-5H3/t21-,22+. The number of fused-ring (bicyclic) bond motifs is 4. The number of aromatic hydroxyl groups is 1. The number of nitrogens with zero attached hydrogens (tertiary/aromatic N) is 5. The van der Waals surface area contributed by atoms with Crippen LogP contribution in [0.3, 0.4) is 0 Å². The molecule has 0 spiro atoms. The zero-order valence-electron chi connectivity index (χ0n) is 26.3. The zero-order chi connectivity index (χ0) is 32.2. The molecule has 0 unspecified atom stereocenters. The monoisotopic (exact) mass is 635 g/mol. The second-order valence-electron chi connectivity index (χ2n) is 13.4. The molecular formula is C34H39ClFN5O4. The van der Waals surface area contributed by atoms with Crippen LogP contribution >= 0.6 is 11.6 Å². The first-order valence-corrected chi connectivity index (χ1v) is 15.8. The molecule has 1 aromatic heterocycles. The molecule has 0 aliphatic carbocycles. The minimum Gasteiger partial charge on any atom is -0.508 e. The van der Waals surface area contributed by atoms with Crippen molar-refractivity contribution in [1.29, 1.82) is 0 Å². The summed E-state index contributed by atoms with van der Waals surface area (Å²) in [7, 11) is 3.89. The number of benzene rings is 3. The largest absolute Gasteiger partial charge is 0.508 e. The number of phenolic OH excluding ortho intramolecular Hbond substituents is 1. The number of aromatic nitrogens is 2. The Morgan fingerprint density at radius 2 is 1.80 bits per heavy atom. The van der Waals surface area contributed by atoms with Gasteiger partial charge in [-0.3, -0.25) is 9.47 Å². The number of phenols is 1. The van der Waals surface area contributed by atoms with E-state index in [1.807, 2.05) is 73.8 Å². The van der Waals surface area contributed by atoms with E-state index in [0.717, 1.165) is 23.6 Å². The Morgan fingerprint density at radius 1 is 1.11 bits per heavy atom. The van der Waals surface area contributed by atoms with Crippen molar-refractivity contribution >= 4 is 45.2 Å². The van der Waals surface area contributed by atoms with E-state index < -0.39 is 17.1 Å². The lowest BCUT2D eigenvalue weighted by Crippen LogP contribution is -2.57. The topological polar surface area (TPSA) is 91.1 Å². The Bertz CT molecular complexity index is 1840. The molecule has 2 saturated heterocycles. The molecule has 1 N–H and O–H groups in total. The predicted octanol–water partition coefficient (Wildman–Crippen LogP) is 6.25. The van der Waals surface area contributed by atoms with Crippen molar-refractivity contribution in [3.05, 3.63) is 63.8 Å². The molecule has 0 radical (unpaired) electrons. The number of anilines is 1. The summed E-state index contributed by atoms with van der Waals surface area (Å²) in [6, 6.07) is 11.9. The van der Waals surface area contributed by atoms with Crippen molar-refractivity contribution in [2.24, 2.45) is 0 Å². The molecule has 2 aliphatic rings. The molecule has 2 bridgehead atoms. The Balaban J connectivity index is 1.50. The zero-order valence-corrected chi connectivity index (χ0v) is 27.1. The van der Waals surface area contributed by atoms with E-state index >= 15 is 4.39 Å². The van der Waals surface area contributed by atoms with Gasteiger partial charge in [0.05, 0.1) is 22.6 Å². The Morgan fingerprint density at radius 3 is 2.47 bits per heavy atom. The van der Waals surface area contributed by atoms with Gasteiger partial charge in [0, 0.05) is 30.6 Å². The molecular weight excluding hydrogens is 597 g/mol. The van der Waals surface area contributed by atoms with E-state index in [1.165, 1.54) is 10.6 Å². The highest BCUT2D eigenvalue weighted by atomic mass is 35.5. The maximum Gasteiger partial charge on any atom is 0.410 e. The first-order valence-electron chi connectivity index (χ1n) is 15.4. The summed E-state index contributed by atoms with van der Waals surface area (Å²) in [6.45, 7) is 7.36. The molecule has 6 rings (SSSR count). The van der Waals surface area contributed by atoms with Gasteiger partial charge in [-0.2, -0.15) is 4.98 Å². The van der Waals surface area contributed by atoms with Crippen LogP contribution in [-0.4, -0.2) is 82.0 Å². The molecule has 1 amide bonds. The number of hydrogen-bond donors (Lipinski definition) is 1. The molecule has 0 saturated carbocycles. The van der Waals surface area contributed by atoms with E-state index in [-0.39, 0.29) is 46.6 Å². The van der Waals surface area contributed by atoms with Gasteiger partial charge in [0.15, 0.2) is 5.82 Å². The molecule has 11 heteroatoms. The molecule has 4 aromatic rings. The average molecular weight is 636 g/mol. The van der Waals surface area contributed by atoms with Crippen molar-refractivity contribution in [2.75, 3.05) is 38.6 Å². The highest BCUT2D eigenvalue weighted by molar-refractivity contribution is 6.35. The van der Waals surface area contributed by atoms with Crippen molar-refractivity contribution in [3.63, 3.8) is 0 Å². The highest BCUT2D eigenvalue weighted by Gasteiger charge is 2.45. The van der Waals surface area contributed by atoms with Gasteiger partial charge in [0.2, 0.25) is 0 Å². The molecule has 2 fully saturated rings. The van der Waals surface area contributed by atoms with E-state index in [1.54, 1.807) is 12.1 Å². The van der Waals surface area contributed by atoms with Crippen molar-refractivity contribution in [2.45, 2.75) is 64.3 Å². The van der Waals surface area contributed by atoms with Crippen LogP contribution in [0.2, 0.25) is 5.02 Å². The van der Waals surface area contributed by atoms with Crippen molar-refractivity contribution in [3.8, 4) is 16.9 Å². The number of amides is 1. The molecule has 3 heterocycles. The maximum atomic E-state index is 17.1. The smallest absolute Gasteiger partial charge is 0.410 e. The van der Waals surface area contributed by atoms with Crippen LogP contribution < -0.4 is 10.6 Å². The van der Waals surface area contributed by atoms with E-state index in [4.69, 9.17) is 16.3 Å². The van der Waals surface area contributed by atoms with Crippen LogP contribution in [0.4, 0.5) is 15.0 Å². The van der Waals surface area contributed by atoms with Crippen LogP contribution in [0.5, 0.6) is 5.75 Å². The highest BCUT2D eigenvalue weighted by Crippen LogP contribution is 2.43. The molecule has 2 atom stereocenters. The van der Waals surface area contributed by atoms with Gasteiger partial charge < -0.3 is 19.6 Å². The van der Waals surface area contributed by atoms with Crippen LogP contribution in [0.15, 0.2) is 47.3 Å². The normalized spacial score (nSPS) is 18.4. The minimum atomic E-state index is -0.644.